The van der Waals surface area contributed by atoms with Crippen LogP contribution in [0.25, 0.3) is 0 Å². The molecule has 0 radical (unpaired) electrons. The van der Waals surface area contributed by atoms with Crippen molar-refractivity contribution in [2.75, 3.05) is 39.5 Å². The summed E-state index contributed by atoms with van der Waals surface area (Å²) in [6.45, 7) is 5.66. The first kappa shape index (κ1) is 18.4. The van der Waals surface area contributed by atoms with Crippen molar-refractivity contribution in [1.29, 1.82) is 0 Å². The van der Waals surface area contributed by atoms with Gasteiger partial charge >= 0.3 is 0 Å². The summed E-state index contributed by atoms with van der Waals surface area (Å²) in [5.74, 6) is 0.259. The highest BCUT2D eigenvalue weighted by atomic mass is 79.9. The molecule has 120 valence electrons. The monoisotopic (exact) mass is 377 g/mol. The lowest BCUT2D eigenvalue weighted by Crippen LogP contribution is -2.39. The summed E-state index contributed by atoms with van der Waals surface area (Å²) >= 11 is 3.30. The van der Waals surface area contributed by atoms with Crippen LogP contribution in [0.2, 0.25) is 0 Å². The van der Waals surface area contributed by atoms with Crippen molar-refractivity contribution in [2.45, 2.75) is 18.7 Å². The van der Waals surface area contributed by atoms with E-state index in [0.717, 1.165) is 0 Å². The van der Waals surface area contributed by atoms with E-state index in [-0.39, 0.29) is 10.8 Å². The van der Waals surface area contributed by atoms with Gasteiger partial charge in [-0.25, -0.2) is 8.42 Å². The zero-order valence-corrected chi connectivity index (χ0v) is 15.4. The van der Waals surface area contributed by atoms with Crippen LogP contribution in [-0.4, -0.2) is 51.4 Å². The van der Waals surface area contributed by atoms with Crippen molar-refractivity contribution >= 4 is 31.6 Å². The number of nitrogen functional groups attached to an aromatic ring is 1. The maximum atomic E-state index is 12.8. The highest BCUT2D eigenvalue weighted by Crippen LogP contribution is 2.27. The summed E-state index contributed by atoms with van der Waals surface area (Å²) in [6.07, 6.45) is 0. The Morgan fingerprint density at radius 3 is 2.33 bits per heavy atom. The molecule has 0 aliphatic rings. The first-order valence-corrected chi connectivity index (χ1v) is 9.07. The first-order chi connectivity index (χ1) is 9.64. The lowest BCUT2D eigenvalue weighted by atomic mass is 10.2. The lowest BCUT2D eigenvalue weighted by Gasteiger charge is -2.26. The molecule has 1 rings (SSSR count). The fourth-order valence-corrected chi connectivity index (χ4v) is 4.54. The molecule has 0 spiro atoms. The first-order valence-electron chi connectivity index (χ1n) is 6.84. The van der Waals surface area contributed by atoms with Crippen LogP contribution in [0.15, 0.2) is 27.6 Å². The van der Waals surface area contributed by atoms with Gasteiger partial charge in [-0.3, -0.25) is 0 Å². The van der Waals surface area contributed by atoms with E-state index < -0.39 is 10.0 Å². The predicted molar refractivity (Wildman–Crippen MR) is 90.7 cm³/mol. The van der Waals surface area contributed by atoms with Gasteiger partial charge in [0.05, 0.1) is 4.90 Å². The van der Waals surface area contributed by atoms with Gasteiger partial charge in [0.1, 0.15) is 0 Å². The summed E-state index contributed by atoms with van der Waals surface area (Å²) in [4.78, 5) is 2.23. The molecule has 0 bridgehead atoms. The number of nitrogens with two attached hydrogens (primary N) is 1. The van der Waals surface area contributed by atoms with E-state index >= 15 is 0 Å². The average Bonchev–Trinajstić information content (AvgIpc) is 2.33. The van der Waals surface area contributed by atoms with E-state index in [1.54, 1.807) is 18.2 Å². The number of sulfonamides is 1. The molecular formula is C14H24BrN3O2S. The fraction of sp³-hybridized carbons (Fsp3) is 0.571. The van der Waals surface area contributed by atoms with Crippen molar-refractivity contribution in [3.63, 3.8) is 0 Å². The molecule has 7 heteroatoms. The highest BCUT2D eigenvalue weighted by molar-refractivity contribution is 9.10. The molecule has 2 N–H and O–H groups in total. The number of hydrogen-bond acceptors (Lipinski definition) is 4. The number of halogens is 1. The van der Waals surface area contributed by atoms with Crippen molar-refractivity contribution in [3.8, 4) is 0 Å². The molecule has 1 aromatic rings. The van der Waals surface area contributed by atoms with E-state index in [1.807, 2.05) is 32.8 Å². The number of benzene rings is 1. The highest BCUT2D eigenvalue weighted by Gasteiger charge is 2.27. The van der Waals surface area contributed by atoms with Gasteiger partial charge < -0.3 is 10.6 Å². The standard InChI is InChI=1S/C14H24BrN3O2S/c1-11(2)10-18(8-7-17(3)4)21(19,20)14-6-5-12(16)9-13(14)15/h5-6,9,11H,7-8,10,16H2,1-4H3. The Balaban J connectivity index is 3.13. The Bertz CT molecular complexity index is 574. The minimum Gasteiger partial charge on any atom is -0.399 e. The second-order valence-corrected chi connectivity index (χ2v) is 8.51. The zero-order chi connectivity index (χ0) is 16.2. The number of hydrogen-bond donors (Lipinski definition) is 1. The third kappa shape index (κ3) is 5.25. The van der Waals surface area contributed by atoms with Crippen LogP contribution in [-0.2, 0) is 10.0 Å². The molecule has 0 aliphatic carbocycles. The molecule has 0 aromatic heterocycles. The molecule has 0 amide bonds. The third-order valence-electron chi connectivity index (χ3n) is 2.94. The largest absolute Gasteiger partial charge is 0.399 e. The molecule has 0 aliphatic heterocycles. The maximum absolute atomic E-state index is 12.8. The quantitative estimate of drug-likeness (QED) is 0.739. The summed E-state index contributed by atoms with van der Waals surface area (Å²) in [7, 11) is 0.325. The van der Waals surface area contributed by atoms with Gasteiger partial charge in [0.25, 0.3) is 0 Å². The van der Waals surface area contributed by atoms with Gasteiger partial charge in [0.2, 0.25) is 10.0 Å². The number of likely N-dealkylation sites (N-methyl/N-ethyl adjacent to an activating group) is 1. The van der Waals surface area contributed by atoms with Crippen LogP contribution in [0.4, 0.5) is 5.69 Å². The Morgan fingerprint density at radius 1 is 1.24 bits per heavy atom. The molecule has 0 unspecified atom stereocenters. The van der Waals surface area contributed by atoms with E-state index in [0.29, 0.717) is 29.8 Å². The van der Waals surface area contributed by atoms with Gasteiger partial charge in [0, 0.05) is 29.8 Å². The Hall–Kier alpha value is -0.630. The van der Waals surface area contributed by atoms with Crippen LogP contribution in [0, 0.1) is 5.92 Å². The third-order valence-corrected chi connectivity index (χ3v) is 5.78. The molecular weight excluding hydrogens is 354 g/mol. The van der Waals surface area contributed by atoms with Crippen LogP contribution in [0.5, 0.6) is 0 Å². The van der Waals surface area contributed by atoms with Crippen molar-refractivity contribution in [1.82, 2.24) is 9.21 Å². The topological polar surface area (TPSA) is 66.6 Å². The number of rotatable bonds is 7. The second-order valence-electron chi connectivity index (χ2n) is 5.75. The van der Waals surface area contributed by atoms with Crippen molar-refractivity contribution in [3.05, 3.63) is 22.7 Å². The molecule has 1 aromatic carbocycles. The molecule has 0 saturated carbocycles. The van der Waals surface area contributed by atoms with Crippen LogP contribution >= 0.6 is 15.9 Å². The van der Waals surface area contributed by atoms with E-state index in [1.165, 1.54) is 4.31 Å². The normalized spacial score (nSPS) is 12.6. The summed E-state index contributed by atoms with van der Waals surface area (Å²) in [5, 5.41) is 0. The number of anilines is 1. The summed E-state index contributed by atoms with van der Waals surface area (Å²) < 4.78 is 27.7. The Kier molecular flexibility index (Phi) is 6.65. The van der Waals surface area contributed by atoms with Gasteiger partial charge in [0.15, 0.2) is 0 Å². The predicted octanol–water partition coefficient (Wildman–Crippen LogP) is 2.24. The minimum atomic E-state index is -3.53. The summed E-state index contributed by atoms with van der Waals surface area (Å²) in [6, 6.07) is 4.78. The lowest BCUT2D eigenvalue weighted by molar-refractivity contribution is 0.312. The molecule has 0 heterocycles. The van der Waals surface area contributed by atoms with Gasteiger partial charge in [-0.05, 0) is 54.1 Å². The Labute approximate surface area is 136 Å². The van der Waals surface area contributed by atoms with Crippen LogP contribution in [0.1, 0.15) is 13.8 Å². The van der Waals surface area contributed by atoms with Gasteiger partial charge in [-0.2, -0.15) is 4.31 Å². The molecule has 0 atom stereocenters. The van der Waals surface area contributed by atoms with E-state index in [2.05, 4.69) is 15.9 Å². The minimum absolute atomic E-state index is 0.259. The number of nitrogens with zero attached hydrogens (tertiary/aromatic N) is 2. The Morgan fingerprint density at radius 2 is 1.86 bits per heavy atom. The van der Waals surface area contributed by atoms with Gasteiger partial charge in [-0.15, -0.1) is 0 Å². The van der Waals surface area contributed by atoms with Crippen molar-refractivity contribution < 1.29 is 8.42 Å². The van der Waals surface area contributed by atoms with E-state index in [9.17, 15) is 8.42 Å². The maximum Gasteiger partial charge on any atom is 0.244 e. The summed E-state index contributed by atoms with van der Waals surface area (Å²) in [5.41, 5.74) is 6.21. The molecule has 5 nitrogen and oxygen atoms in total. The molecule has 21 heavy (non-hydrogen) atoms. The zero-order valence-electron chi connectivity index (χ0n) is 13.0. The molecule has 0 fully saturated rings. The fourth-order valence-electron chi connectivity index (χ4n) is 1.89. The smallest absolute Gasteiger partial charge is 0.244 e. The van der Waals surface area contributed by atoms with Gasteiger partial charge in [-0.1, -0.05) is 13.8 Å². The second kappa shape index (κ2) is 7.58. The van der Waals surface area contributed by atoms with Crippen LogP contribution < -0.4 is 5.73 Å². The van der Waals surface area contributed by atoms with Crippen molar-refractivity contribution in [2.24, 2.45) is 5.92 Å². The van der Waals surface area contributed by atoms with Crippen LogP contribution in [0.3, 0.4) is 0 Å². The average molecular weight is 378 g/mol. The molecule has 0 saturated heterocycles. The van der Waals surface area contributed by atoms with E-state index in [4.69, 9.17) is 5.73 Å². The SMILES string of the molecule is CC(C)CN(CCN(C)C)S(=O)(=O)c1ccc(N)cc1Br.